The molecule has 0 amide bonds. The van der Waals surface area contributed by atoms with Gasteiger partial charge in [-0.25, -0.2) is 13.4 Å². The molecule has 0 radical (unpaired) electrons. The minimum absolute atomic E-state index is 0.0585. The van der Waals surface area contributed by atoms with Crippen molar-refractivity contribution in [3.8, 4) is 0 Å². The standard InChI is InChI=1S/C15H25N3O2S/c1-4-14-8-6-12(3)18(14)21(19,20)15-9-7-13(11-17-15)10-16-5-2/h7,9,11-12,14,16H,4-6,8,10H2,1-3H3. The zero-order chi connectivity index (χ0) is 15.5. The molecule has 2 heterocycles. The summed E-state index contributed by atoms with van der Waals surface area (Å²) in [6.45, 7) is 7.64. The summed E-state index contributed by atoms with van der Waals surface area (Å²) in [5.74, 6) is 0. The van der Waals surface area contributed by atoms with Crippen molar-refractivity contribution in [2.75, 3.05) is 6.54 Å². The van der Waals surface area contributed by atoms with Crippen molar-refractivity contribution in [2.45, 2.75) is 63.7 Å². The van der Waals surface area contributed by atoms with Gasteiger partial charge >= 0.3 is 0 Å². The molecule has 5 nitrogen and oxygen atoms in total. The van der Waals surface area contributed by atoms with Crippen molar-refractivity contribution in [1.29, 1.82) is 0 Å². The lowest BCUT2D eigenvalue weighted by Gasteiger charge is -2.26. The maximum Gasteiger partial charge on any atom is 0.261 e. The van der Waals surface area contributed by atoms with Gasteiger partial charge in [-0.3, -0.25) is 0 Å². The molecule has 118 valence electrons. The lowest BCUT2D eigenvalue weighted by Crippen LogP contribution is -2.39. The van der Waals surface area contributed by atoms with E-state index in [-0.39, 0.29) is 17.1 Å². The Kier molecular flexibility index (Phi) is 5.35. The van der Waals surface area contributed by atoms with E-state index in [1.54, 1.807) is 16.6 Å². The Balaban J connectivity index is 2.22. The van der Waals surface area contributed by atoms with E-state index in [1.165, 1.54) is 0 Å². The van der Waals surface area contributed by atoms with Crippen molar-refractivity contribution >= 4 is 10.0 Å². The number of hydrogen-bond acceptors (Lipinski definition) is 4. The van der Waals surface area contributed by atoms with Crippen molar-refractivity contribution in [3.63, 3.8) is 0 Å². The average Bonchev–Trinajstić information content (AvgIpc) is 2.87. The van der Waals surface area contributed by atoms with Gasteiger partial charge in [0.2, 0.25) is 0 Å². The van der Waals surface area contributed by atoms with Crippen LogP contribution in [0.1, 0.15) is 45.6 Å². The summed E-state index contributed by atoms with van der Waals surface area (Å²) in [6, 6.07) is 3.63. The molecule has 1 aliphatic rings. The Bertz CT molecular complexity index is 557. The molecular formula is C15H25N3O2S. The number of rotatable bonds is 6. The van der Waals surface area contributed by atoms with Crippen LogP contribution in [-0.2, 0) is 16.6 Å². The van der Waals surface area contributed by atoms with Gasteiger partial charge in [0.05, 0.1) is 0 Å². The molecule has 1 N–H and O–H groups in total. The monoisotopic (exact) mass is 311 g/mol. The Hall–Kier alpha value is -0.980. The molecule has 6 heteroatoms. The number of hydrogen-bond donors (Lipinski definition) is 1. The van der Waals surface area contributed by atoms with Gasteiger partial charge in [0.25, 0.3) is 10.0 Å². The third-order valence-electron chi connectivity index (χ3n) is 4.10. The number of nitrogens with one attached hydrogen (secondary N) is 1. The van der Waals surface area contributed by atoms with E-state index in [9.17, 15) is 8.42 Å². The first-order valence-electron chi connectivity index (χ1n) is 7.69. The normalized spacial score (nSPS) is 23.6. The summed E-state index contributed by atoms with van der Waals surface area (Å²) in [6.07, 6.45) is 4.37. The SMILES string of the molecule is CCNCc1ccc(S(=O)(=O)N2C(C)CCC2CC)nc1. The molecule has 21 heavy (non-hydrogen) atoms. The second-order valence-electron chi connectivity index (χ2n) is 5.61. The van der Waals surface area contributed by atoms with E-state index in [0.717, 1.165) is 31.4 Å². The molecule has 0 bridgehead atoms. The van der Waals surface area contributed by atoms with Gasteiger partial charge in [0.15, 0.2) is 5.03 Å². The van der Waals surface area contributed by atoms with Gasteiger partial charge in [-0.15, -0.1) is 0 Å². The van der Waals surface area contributed by atoms with Crippen molar-refractivity contribution in [2.24, 2.45) is 0 Å². The highest BCUT2D eigenvalue weighted by molar-refractivity contribution is 7.89. The molecule has 1 aromatic heterocycles. The number of aromatic nitrogens is 1. The van der Waals surface area contributed by atoms with E-state index >= 15 is 0 Å². The molecule has 2 rings (SSSR count). The van der Waals surface area contributed by atoms with Crippen LogP contribution in [0, 0.1) is 0 Å². The Labute approximate surface area is 127 Å². The fourth-order valence-electron chi connectivity index (χ4n) is 2.91. The molecule has 0 aromatic carbocycles. The van der Waals surface area contributed by atoms with Crippen LogP contribution in [0.5, 0.6) is 0 Å². The van der Waals surface area contributed by atoms with Crippen molar-refractivity contribution < 1.29 is 8.42 Å². The summed E-state index contributed by atoms with van der Waals surface area (Å²) in [4.78, 5) is 4.18. The van der Waals surface area contributed by atoms with Crippen LogP contribution in [-0.4, -0.2) is 36.3 Å². The van der Waals surface area contributed by atoms with Crippen LogP contribution < -0.4 is 5.32 Å². The third-order valence-corrected chi connectivity index (χ3v) is 6.08. The van der Waals surface area contributed by atoms with Crippen molar-refractivity contribution in [3.05, 3.63) is 23.9 Å². The minimum Gasteiger partial charge on any atom is -0.313 e. The van der Waals surface area contributed by atoms with Crippen LogP contribution in [0.3, 0.4) is 0 Å². The molecule has 1 aliphatic heterocycles. The van der Waals surface area contributed by atoms with E-state index in [0.29, 0.717) is 6.54 Å². The first-order chi connectivity index (χ1) is 10.0. The number of sulfonamides is 1. The van der Waals surface area contributed by atoms with Gasteiger partial charge in [0, 0.05) is 24.8 Å². The smallest absolute Gasteiger partial charge is 0.261 e. The first kappa shape index (κ1) is 16.4. The highest BCUT2D eigenvalue weighted by Gasteiger charge is 2.39. The minimum atomic E-state index is -3.48. The first-order valence-corrected chi connectivity index (χ1v) is 9.13. The van der Waals surface area contributed by atoms with E-state index in [4.69, 9.17) is 0 Å². The molecule has 1 fully saturated rings. The van der Waals surface area contributed by atoms with Crippen LogP contribution in [0.25, 0.3) is 0 Å². The second-order valence-corrected chi connectivity index (χ2v) is 7.40. The Morgan fingerprint density at radius 2 is 2.10 bits per heavy atom. The highest BCUT2D eigenvalue weighted by atomic mass is 32.2. The van der Waals surface area contributed by atoms with Gasteiger partial charge in [-0.05, 0) is 44.4 Å². The predicted octanol–water partition coefficient (Wildman–Crippen LogP) is 2.14. The van der Waals surface area contributed by atoms with E-state index in [2.05, 4.69) is 10.3 Å². The van der Waals surface area contributed by atoms with Gasteiger partial charge in [0.1, 0.15) is 0 Å². The summed E-state index contributed by atoms with van der Waals surface area (Å²) in [5.41, 5.74) is 0.998. The number of nitrogens with zero attached hydrogens (tertiary/aromatic N) is 2. The van der Waals surface area contributed by atoms with Crippen LogP contribution in [0.15, 0.2) is 23.4 Å². The molecule has 1 aromatic rings. The van der Waals surface area contributed by atoms with Gasteiger partial charge in [-0.1, -0.05) is 19.9 Å². The molecule has 2 atom stereocenters. The number of pyridine rings is 1. The zero-order valence-electron chi connectivity index (χ0n) is 13.0. The predicted molar refractivity (Wildman–Crippen MR) is 83.4 cm³/mol. The average molecular weight is 311 g/mol. The molecular weight excluding hydrogens is 286 g/mol. The Morgan fingerprint density at radius 3 is 2.67 bits per heavy atom. The maximum atomic E-state index is 12.8. The largest absolute Gasteiger partial charge is 0.313 e. The maximum absolute atomic E-state index is 12.8. The quantitative estimate of drug-likeness (QED) is 0.874. The summed E-state index contributed by atoms with van der Waals surface area (Å²) >= 11 is 0. The molecule has 0 saturated carbocycles. The summed E-state index contributed by atoms with van der Waals surface area (Å²) in [7, 11) is -3.48. The third kappa shape index (κ3) is 3.44. The fourth-order valence-corrected chi connectivity index (χ4v) is 4.78. The van der Waals surface area contributed by atoms with Crippen molar-refractivity contribution in [1.82, 2.24) is 14.6 Å². The molecule has 2 unspecified atom stereocenters. The lowest BCUT2D eigenvalue weighted by atomic mass is 10.2. The highest BCUT2D eigenvalue weighted by Crippen LogP contribution is 2.31. The van der Waals surface area contributed by atoms with Gasteiger partial charge < -0.3 is 5.32 Å². The molecule has 0 spiro atoms. The summed E-state index contributed by atoms with van der Waals surface area (Å²) in [5, 5.41) is 3.36. The van der Waals surface area contributed by atoms with E-state index < -0.39 is 10.0 Å². The van der Waals surface area contributed by atoms with Gasteiger partial charge in [-0.2, -0.15) is 4.31 Å². The Morgan fingerprint density at radius 1 is 1.33 bits per heavy atom. The van der Waals surface area contributed by atoms with Crippen LogP contribution in [0.2, 0.25) is 0 Å². The molecule has 1 saturated heterocycles. The summed E-state index contributed by atoms with van der Waals surface area (Å²) < 4.78 is 27.2. The fraction of sp³-hybridized carbons (Fsp3) is 0.667. The molecule has 0 aliphatic carbocycles. The second kappa shape index (κ2) is 6.85. The zero-order valence-corrected chi connectivity index (χ0v) is 13.9. The van der Waals surface area contributed by atoms with E-state index in [1.807, 2.05) is 26.8 Å². The van der Waals surface area contributed by atoms with Crippen LogP contribution in [0.4, 0.5) is 0 Å². The lowest BCUT2D eigenvalue weighted by molar-refractivity contribution is 0.327. The topological polar surface area (TPSA) is 62.3 Å². The van der Waals surface area contributed by atoms with Crippen LogP contribution >= 0.6 is 0 Å².